The van der Waals surface area contributed by atoms with E-state index in [0.29, 0.717) is 5.41 Å². The number of hydrogen-bond acceptors (Lipinski definition) is 0. The molecule has 1 atom stereocenters. The van der Waals surface area contributed by atoms with Crippen molar-refractivity contribution in [3.63, 3.8) is 0 Å². The van der Waals surface area contributed by atoms with Gasteiger partial charge in [0.15, 0.2) is 0 Å². The molecule has 0 fully saturated rings. The molecule has 84 valence electrons. The Balaban J connectivity index is 2.58. The van der Waals surface area contributed by atoms with E-state index in [2.05, 4.69) is 58.0 Å². The van der Waals surface area contributed by atoms with E-state index >= 15 is 0 Å². The van der Waals surface area contributed by atoms with Crippen molar-refractivity contribution in [3.8, 4) is 0 Å². The van der Waals surface area contributed by atoms with Gasteiger partial charge in [-0.2, -0.15) is 0 Å². The summed E-state index contributed by atoms with van der Waals surface area (Å²) >= 11 is 0. The summed E-state index contributed by atoms with van der Waals surface area (Å²) < 4.78 is 0. The molecule has 0 saturated carbocycles. The van der Waals surface area contributed by atoms with Crippen LogP contribution in [0.25, 0.3) is 0 Å². The van der Waals surface area contributed by atoms with E-state index in [-0.39, 0.29) is 0 Å². The highest BCUT2D eigenvalue weighted by molar-refractivity contribution is 5.19. The molecule has 0 heteroatoms. The monoisotopic (exact) mass is 204 g/mol. The molecule has 0 amide bonds. The van der Waals surface area contributed by atoms with Crippen molar-refractivity contribution in [1.82, 2.24) is 0 Å². The fourth-order valence-electron chi connectivity index (χ4n) is 1.94. The predicted octanol–water partition coefficient (Wildman–Crippen LogP) is 5.01. The van der Waals surface area contributed by atoms with Gasteiger partial charge >= 0.3 is 0 Å². The number of hydrogen-bond donors (Lipinski definition) is 0. The number of rotatable bonds is 4. The second kappa shape index (κ2) is 5.34. The standard InChI is InChI=1S/C15H24/c1-5-13(11-12-15(2,3)4)14-9-7-6-8-10-14/h6-10,13H,5,11-12H2,1-4H3. The van der Waals surface area contributed by atoms with Gasteiger partial charge in [0.1, 0.15) is 0 Å². The summed E-state index contributed by atoms with van der Waals surface area (Å²) in [6.45, 7) is 9.26. The molecular formula is C15H24. The van der Waals surface area contributed by atoms with E-state index < -0.39 is 0 Å². The Hall–Kier alpha value is -0.780. The maximum absolute atomic E-state index is 2.32. The molecule has 0 aliphatic rings. The van der Waals surface area contributed by atoms with Crippen LogP contribution in [0.3, 0.4) is 0 Å². The molecule has 1 aromatic rings. The first kappa shape index (κ1) is 12.3. The zero-order valence-corrected chi connectivity index (χ0v) is 10.6. The largest absolute Gasteiger partial charge is 0.0648 e. The fourth-order valence-corrected chi connectivity index (χ4v) is 1.94. The summed E-state index contributed by atoms with van der Waals surface area (Å²) in [5.41, 5.74) is 1.96. The first-order chi connectivity index (χ1) is 7.03. The fraction of sp³-hybridized carbons (Fsp3) is 0.600. The van der Waals surface area contributed by atoms with Crippen molar-refractivity contribution in [1.29, 1.82) is 0 Å². The minimum atomic E-state index is 0.461. The minimum absolute atomic E-state index is 0.461. The molecule has 1 aromatic carbocycles. The van der Waals surface area contributed by atoms with Crippen LogP contribution in [-0.4, -0.2) is 0 Å². The van der Waals surface area contributed by atoms with Crippen molar-refractivity contribution in [2.24, 2.45) is 5.41 Å². The molecule has 1 rings (SSSR count). The molecule has 15 heavy (non-hydrogen) atoms. The van der Waals surface area contributed by atoms with Crippen LogP contribution in [0.15, 0.2) is 30.3 Å². The Morgan fingerprint density at radius 3 is 2.13 bits per heavy atom. The molecule has 0 heterocycles. The van der Waals surface area contributed by atoms with Crippen LogP contribution in [0.4, 0.5) is 0 Å². The third-order valence-corrected chi connectivity index (χ3v) is 3.01. The van der Waals surface area contributed by atoms with Crippen LogP contribution in [0.5, 0.6) is 0 Å². The van der Waals surface area contributed by atoms with Crippen LogP contribution >= 0.6 is 0 Å². The van der Waals surface area contributed by atoms with Crippen LogP contribution in [0.2, 0.25) is 0 Å². The van der Waals surface area contributed by atoms with E-state index in [1.807, 2.05) is 0 Å². The topological polar surface area (TPSA) is 0 Å². The first-order valence-electron chi connectivity index (χ1n) is 6.08. The lowest BCUT2D eigenvalue weighted by molar-refractivity contribution is 0.346. The zero-order chi connectivity index (χ0) is 11.3. The molecule has 0 radical (unpaired) electrons. The van der Waals surface area contributed by atoms with Gasteiger partial charge in [0, 0.05) is 0 Å². The Morgan fingerprint density at radius 2 is 1.67 bits per heavy atom. The van der Waals surface area contributed by atoms with Gasteiger partial charge in [0.05, 0.1) is 0 Å². The molecule has 0 spiro atoms. The van der Waals surface area contributed by atoms with E-state index in [1.54, 1.807) is 0 Å². The first-order valence-corrected chi connectivity index (χ1v) is 6.08. The SMILES string of the molecule is CCC(CCC(C)(C)C)c1ccccc1. The van der Waals surface area contributed by atoms with E-state index in [4.69, 9.17) is 0 Å². The third-order valence-electron chi connectivity index (χ3n) is 3.01. The smallest absolute Gasteiger partial charge is 0.0164 e. The molecule has 0 aliphatic carbocycles. The van der Waals surface area contributed by atoms with Crippen molar-refractivity contribution in [3.05, 3.63) is 35.9 Å². The summed E-state index contributed by atoms with van der Waals surface area (Å²) in [5.74, 6) is 0.741. The zero-order valence-electron chi connectivity index (χ0n) is 10.6. The van der Waals surface area contributed by atoms with Crippen molar-refractivity contribution in [2.45, 2.75) is 52.9 Å². The van der Waals surface area contributed by atoms with Gasteiger partial charge in [-0.3, -0.25) is 0 Å². The van der Waals surface area contributed by atoms with Crippen molar-refractivity contribution >= 4 is 0 Å². The Bertz CT molecular complexity index is 266. The van der Waals surface area contributed by atoms with Crippen molar-refractivity contribution in [2.75, 3.05) is 0 Å². The van der Waals surface area contributed by atoms with E-state index in [9.17, 15) is 0 Å². The molecular weight excluding hydrogens is 180 g/mol. The van der Waals surface area contributed by atoms with Gasteiger partial charge in [-0.1, -0.05) is 58.0 Å². The maximum Gasteiger partial charge on any atom is -0.0164 e. The Labute approximate surface area is 94.7 Å². The molecule has 1 unspecified atom stereocenters. The molecule has 0 aliphatic heterocycles. The Morgan fingerprint density at radius 1 is 1.07 bits per heavy atom. The maximum atomic E-state index is 2.32. The van der Waals surface area contributed by atoms with Crippen LogP contribution in [-0.2, 0) is 0 Å². The third kappa shape index (κ3) is 4.51. The highest BCUT2D eigenvalue weighted by Crippen LogP contribution is 2.30. The van der Waals surface area contributed by atoms with Gasteiger partial charge in [-0.25, -0.2) is 0 Å². The van der Waals surface area contributed by atoms with Gasteiger partial charge in [0.2, 0.25) is 0 Å². The Kier molecular flexibility index (Phi) is 4.38. The lowest BCUT2D eigenvalue weighted by Gasteiger charge is -2.22. The summed E-state index contributed by atoms with van der Waals surface area (Å²) in [6.07, 6.45) is 3.87. The normalized spacial score (nSPS) is 13.9. The van der Waals surface area contributed by atoms with E-state index in [0.717, 1.165) is 5.92 Å². The number of benzene rings is 1. The lowest BCUT2D eigenvalue weighted by Crippen LogP contribution is -2.08. The molecule has 0 bridgehead atoms. The predicted molar refractivity (Wildman–Crippen MR) is 68.2 cm³/mol. The average molecular weight is 204 g/mol. The second-order valence-electron chi connectivity index (χ2n) is 5.62. The lowest BCUT2D eigenvalue weighted by atomic mass is 9.83. The quantitative estimate of drug-likeness (QED) is 0.647. The minimum Gasteiger partial charge on any atom is -0.0648 e. The molecule has 0 aromatic heterocycles. The highest BCUT2D eigenvalue weighted by Gasteiger charge is 2.15. The second-order valence-corrected chi connectivity index (χ2v) is 5.62. The van der Waals surface area contributed by atoms with E-state index in [1.165, 1.54) is 24.8 Å². The summed E-state index contributed by atoms with van der Waals surface area (Å²) in [5, 5.41) is 0. The van der Waals surface area contributed by atoms with Gasteiger partial charge in [0.25, 0.3) is 0 Å². The highest BCUT2D eigenvalue weighted by atomic mass is 14.2. The van der Waals surface area contributed by atoms with Gasteiger partial charge in [-0.05, 0) is 36.2 Å². The summed E-state index contributed by atoms with van der Waals surface area (Å²) in [7, 11) is 0. The summed E-state index contributed by atoms with van der Waals surface area (Å²) in [4.78, 5) is 0. The summed E-state index contributed by atoms with van der Waals surface area (Å²) in [6, 6.07) is 10.9. The van der Waals surface area contributed by atoms with Gasteiger partial charge in [-0.15, -0.1) is 0 Å². The molecule has 0 saturated heterocycles. The molecule has 0 nitrogen and oxygen atoms in total. The van der Waals surface area contributed by atoms with Gasteiger partial charge < -0.3 is 0 Å². The van der Waals surface area contributed by atoms with Crippen LogP contribution in [0, 0.1) is 5.41 Å². The van der Waals surface area contributed by atoms with Crippen LogP contribution in [0.1, 0.15) is 58.4 Å². The average Bonchev–Trinajstić information content (AvgIpc) is 2.19. The van der Waals surface area contributed by atoms with Crippen molar-refractivity contribution < 1.29 is 0 Å². The molecule has 0 N–H and O–H groups in total. The van der Waals surface area contributed by atoms with Crippen LogP contribution < -0.4 is 0 Å².